The lowest BCUT2D eigenvalue weighted by atomic mass is 9.80. The molecule has 0 aromatic rings. The Labute approximate surface area is 237 Å². The topological polar surface area (TPSA) is 63.2 Å². The van der Waals surface area contributed by atoms with Gasteiger partial charge in [-0.25, -0.2) is 4.79 Å². The molecular weight excluding hydrogens is 583 g/mol. The van der Waals surface area contributed by atoms with Crippen molar-refractivity contribution in [2.45, 2.75) is 116 Å². The van der Waals surface area contributed by atoms with Gasteiger partial charge in [-0.2, -0.15) is 0 Å². The summed E-state index contributed by atoms with van der Waals surface area (Å²) in [6.45, 7) is 15.2. The maximum atomic E-state index is 12.9. The SMILES string of the molecule is C=C1C[C@H](C[C@@H]2CCO[C@H](C)O2)O[C@@H](C/C=C\C(=O)O[C@H]2[C@@H](C)[C@@H](C/C=C/C)O[C@@H](/C(C)=C/I)[C@@H]2C)C1. The first-order valence-electron chi connectivity index (χ1n) is 13.7. The molecule has 0 N–H and O–H groups in total. The van der Waals surface area contributed by atoms with Crippen molar-refractivity contribution in [1.82, 2.24) is 0 Å². The molecule has 0 bridgehead atoms. The number of halogens is 1. The highest BCUT2D eigenvalue weighted by molar-refractivity contribution is 14.1. The average molecular weight is 629 g/mol. The zero-order chi connectivity index (χ0) is 26.9. The van der Waals surface area contributed by atoms with Crippen LogP contribution in [-0.2, 0) is 28.5 Å². The Morgan fingerprint density at radius 1 is 1.05 bits per heavy atom. The van der Waals surface area contributed by atoms with Gasteiger partial charge in [0.25, 0.3) is 0 Å². The quantitative estimate of drug-likeness (QED) is 0.121. The molecule has 0 radical (unpaired) electrons. The molecule has 0 spiro atoms. The van der Waals surface area contributed by atoms with E-state index in [9.17, 15) is 4.79 Å². The summed E-state index contributed by atoms with van der Waals surface area (Å²) in [4.78, 5) is 12.9. The van der Waals surface area contributed by atoms with Crippen LogP contribution in [0.3, 0.4) is 0 Å². The zero-order valence-corrected chi connectivity index (χ0v) is 25.2. The summed E-state index contributed by atoms with van der Waals surface area (Å²) >= 11 is 2.25. The van der Waals surface area contributed by atoms with Gasteiger partial charge in [-0.3, -0.25) is 0 Å². The average Bonchev–Trinajstić information content (AvgIpc) is 2.85. The molecule has 3 rings (SSSR count). The standard InChI is InChI=1S/C30H45IO6/c1-7-8-11-27-21(4)30(22(5)29(36-27)20(3)18-31)37-28(32)12-9-10-24-15-19(2)16-26(35-24)17-25-13-14-33-23(6)34-25/h7-9,12,18,21-27,29-30H,2,10-11,13-17H2,1,3-6H3/b8-7+,12-9-,20-18+/t21-,22-,23-,24-,25-,26+,27+,29-,30-/m0/s1. The third kappa shape index (κ3) is 9.02. The van der Waals surface area contributed by atoms with E-state index in [1.165, 1.54) is 5.57 Å². The van der Waals surface area contributed by atoms with E-state index in [4.69, 9.17) is 23.7 Å². The number of esters is 1. The Morgan fingerprint density at radius 2 is 1.81 bits per heavy atom. The van der Waals surface area contributed by atoms with Gasteiger partial charge >= 0.3 is 5.97 Å². The van der Waals surface area contributed by atoms with Crippen molar-refractivity contribution in [1.29, 1.82) is 0 Å². The normalized spacial score (nSPS) is 37.8. The predicted molar refractivity (Wildman–Crippen MR) is 154 cm³/mol. The Bertz CT molecular complexity index is 851. The van der Waals surface area contributed by atoms with Crippen molar-refractivity contribution in [3.05, 3.63) is 46.1 Å². The molecule has 0 aromatic carbocycles. The summed E-state index contributed by atoms with van der Waals surface area (Å²) in [6.07, 6.45) is 12.3. The molecule has 3 heterocycles. The van der Waals surface area contributed by atoms with Crippen LogP contribution in [0.15, 0.2) is 46.1 Å². The number of allylic oxidation sites excluding steroid dienone is 1. The van der Waals surface area contributed by atoms with Gasteiger partial charge in [0, 0.05) is 24.3 Å². The van der Waals surface area contributed by atoms with Crippen LogP contribution in [0.5, 0.6) is 0 Å². The molecule has 0 saturated carbocycles. The Balaban J connectivity index is 1.55. The molecular formula is C30H45IO6. The fourth-order valence-corrected chi connectivity index (χ4v) is 6.07. The van der Waals surface area contributed by atoms with Gasteiger partial charge in [-0.15, -0.1) is 0 Å². The fraction of sp³-hybridized carbons (Fsp3) is 0.700. The van der Waals surface area contributed by atoms with Crippen molar-refractivity contribution in [2.24, 2.45) is 11.8 Å². The predicted octanol–water partition coefficient (Wildman–Crippen LogP) is 6.83. The van der Waals surface area contributed by atoms with Gasteiger partial charge in [0.2, 0.25) is 0 Å². The van der Waals surface area contributed by atoms with Gasteiger partial charge < -0.3 is 23.7 Å². The third-order valence-corrected chi connectivity index (χ3v) is 8.65. The van der Waals surface area contributed by atoms with Crippen LogP contribution in [0, 0.1) is 11.8 Å². The lowest BCUT2D eigenvalue weighted by Crippen LogP contribution is -2.50. The molecule has 3 aliphatic rings. The number of carbonyl (C=O) groups excluding carboxylic acids is 1. The van der Waals surface area contributed by atoms with E-state index in [1.807, 2.05) is 26.0 Å². The molecule has 7 heteroatoms. The minimum atomic E-state index is -0.305. The number of ether oxygens (including phenoxy) is 5. The van der Waals surface area contributed by atoms with E-state index >= 15 is 0 Å². The highest BCUT2D eigenvalue weighted by atomic mass is 127. The van der Waals surface area contributed by atoms with Crippen molar-refractivity contribution >= 4 is 28.6 Å². The molecule has 3 fully saturated rings. The first-order valence-corrected chi connectivity index (χ1v) is 15.0. The summed E-state index contributed by atoms with van der Waals surface area (Å²) in [6, 6.07) is 0. The van der Waals surface area contributed by atoms with Crippen LogP contribution in [0.1, 0.15) is 73.1 Å². The van der Waals surface area contributed by atoms with Gasteiger partial charge in [-0.1, -0.05) is 66.8 Å². The van der Waals surface area contributed by atoms with E-state index in [-0.39, 0.29) is 60.7 Å². The van der Waals surface area contributed by atoms with Crippen molar-refractivity contribution < 1.29 is 28.5 Å². The lowest BCUT2D eigenvalue weighted by molar-refractivity contribution is -0.211. The highest BCUT2D eigenvalue weighted by Gasteiger charge is 2.43. The van der Waals surface area contributed by atoms with Gasteiger partial charge in [0.1, 0.15) is 6.10 Å². The Kier molecular flexibility index (Phi) is 12.4. The molecule has 0 amide bonds. The zero-order valence-electron chi connectivity index (χ0n) is 23.1. The van der Waals surface area contributed by atoms with Crippen molar-refractivity contribution in [3.8, 4) is 0 Å². The van der Waals surface area contributed by atoms with E-state index in [1.54, 1.807) is 6.08 Å². The van der Waals surface area contributed by atoms with Crippen LogP contribution in [0.25, 0.3) is 0 Å². The van der Waals surface area contributed by atoms with Crippen LogP contribution in [0.2, 0.25) is 0 Å². The minimum Gasteiger partial charge on any atom is -0.458 e. The maximum absolute atomic E-state index is 12.9. The smallest absolute Gasteiger partial charge is 0.330 e. The Hall–Kier alpha value is -1.000. The molecule has 0 aromatic heterocycles. The fourth-order valence-electron chi connectivity index (χ4n) is 5.71. The third-order valence-electron chi connectivity index (χ3n) is 7.67. The van der Waals surface area contributed by atoms with E-state index in [2.05, 4.69) is 60.1 Å². The molecule has 3 saturated heterocycles. The van der Waals surface area contributed by atoms with E-state index < -0.39 is 0 Å². The molecule has 208 valence electrons. The summed E-state index contributed by atoms with van der Waals surface area (Å²) in [5, 5.41) is 0. The van der Waals surface area contributed by atoms with Gasteiger partial charge in [0.15, 0.2) is 6.29 Å². The van der Waals surface area contributed by atoms with Crippen molar-refractivity contribution in [2.75, 3.05) is 6.61 Å². The maximum Gasteiger partial charge on any atom is 0.330 e. The van der Waals surface area contributed by atoms with Crippen LogP contribution in [-0.4, -0.2) is 55.5 Å². The monoisotopic (exact) mass is 628 g/mol. The second kappa shape index (κ2) is 15.0. The molecule has 37 heavy (non-hydrogen) atoms. The number of rotatable bonds is 9. The number of hydrogen-bond acceptors (Lipinski definition) is 6. The second-order valence-electron chi connectivity index (χ2n) is 10.8. The summed E-state index contributed by atoms with van der Waals surface area (Å²) in [5.41, 5.74) is 2.35. The number of carbonyl (C=O) groups is 1. The first-order chi connectivity index (χ1) is 17.7. The van der Waals surface area contributed by atoms with E-state index in [0.29, 0.717) is 6.42 Å². The van der Waals surface area contributed by atoms with Crippen LogP contribution in [0.4, 0.5) is 0 Å². The molecule has 9 atom stereocenters. The lowest BCUT2D eigenvalue weighted by Gasteiger charge is -2.44. The van der Waals surface area contributed by atoms with Crippen LogP contribution < -0.4 is 0 Å². The number of hydrogen-bond donors (Lipinski definition) is 0. The second-order valence-corrected chi connectivity index (χ2v) is 11.4. The summed E-state index contributed by atoms with van der Waals surface area (Å²) < 4.78 is 32.3. The van der Waals surface area contributed by atoms with Gasteiger partial charge in [0.05, 0.1) is 37.1 Å². The highest BCUT2D eigenvalue weighted by Crippen LogP contribution is 2.37. The largest absolute Gasteiger partial charge is 0.458 e. The van der Waals surface area contributed by atoms with Crippen LogP contribution >= 0.6 is 22.6 Å². The van der Waals surface area contributed by atoms with Gasteiger partial charge in [-0.05, 0) is 62.5 Å². The summed E-state index contributed by atoms with van der Waals surface area (Å²) in [5.74, 6) is -0.134. The molecule has 3 aliphatic heterocycles. The first kappa shape index (κ1) is 30.5. The molecule has 6 nitrogen and oxygen atoms in total. The summed E-state index contributed by atoms with van der Waals surface area (Å²) in [7, 11) is 0. The Morgan fingerprint density at radius 3 is 2.51 bits per heavy atom. The molecule has 0 aliphatic carbocycles. The van der Waals surface area contributed by atoms with E-state index in [0.717, 1.165) is 44.3 Å². The van der Waals surface area contributed by atoms with Crippen molar-refractivity contribution in [3.63, 3.8) is 0 Å². The molecule has 0 unspecified atom stereocenters. The minimum absolute atomic E-state index is 0.00626.